The van der Waals surface area contributed by atoms with E-state index in [2.05, 4.69) is 23.7 Å². The Labute approximate surface area is 81.0 Å². The van der Waals surface area contributed by atoms with E-state index in [-0.39, 0.29) is 5.96 Å². The Kier molecular flexibility index (Phi) is 7.39. The lowest BCUT2D eigenvalue weighted by Gasteiger charge is -2.16. The van der Waals surface area contributed by atoms with E-state index in [1.165, 1.54) is 6.42 Å². The second kappa shape index (κ2) is 7.86. The largest absolute Gasteiger partial charge is 0.370 e. The van der Waals surface area contributed by atoms with Crippen LogP contribution in [-0.2, 0) is 0 Å². The molecular formula is C9H22N4. The molecule has 0 rings (SSSR count). The molecule has 0 radical (unpaired) electrons. The normalized spacial score (nSPS) is 10.4. The lowest BCUT2D eigenvalue weighted by Crippen LogP contribution is -2.24. The van der Waals surface area contributed by atoms with Crippen LogP contribution in [0.4, 0.5) is 0 Å². The minimum absolute atomic E-state index is 0.197. The third-order valence-electron chi connectivity index (χ3n) is 2.07. The number of hydrogen-bond acceptors (Lipinski definition) is 2. The van der Waals surface area contributed by atoms with E-state index in [1.807, 2.05) is 0 Å². The van der Waals surface area contributed by atoms with Crippen molar-refractivity contribution in [3.8, 4) is 0 Å². The molecule has 0 aliphatic carbocycles. The fraction of sp³-hybridized carbons (Fsp3) is 0.889. The van der Waals surface area contributed by atoms with Crippen molar-refractivity contribution in [3.63, 3.8) is 0 Å². The van der Waals surface area contributed by atoms with E-state index < -0.39 is 0 Å². The van der Waals surface area contributed by atoms with Crippen LogP contribution in [-0.4, -0.2) is 37.0 Å². The maximum absolute atomic E-state index is 5.20. The summed E-state index contributed by atoms with van der Waals surface area (Å²) < 4.78 is 0. The van der Waals surface area contributed by atoms with Crippen molar-refractivity contribution < 1.29 is 0 Å². The highest BCUT2D eigenvalue weighted by Gasteiger charge is 1.96. The van der Waals surface area contributed by atoms with E-state index in [9.17, 15) is 0 Å². The summed E-state index contributed by atoms with van der Waals surface area (Å²) in [6.07, 6.45) is 2.23. The van der Waals surface area contributed by atoms with Crippen molar-refractivity contribution >= 4 is 5.96 Å². The Morgan fingerprint density at radius 1 is 1.15 bits per heavy atom. The molecule has 0 aromatic carbocycles. The fourth-order valence-corrected chi connectivity index (χ4v) is 1.20. The molecule has 4 nitrogen and oxygen atoms in total. The van der Waals surface area contributed by atoms with Crippen molar-refractivity contribution in [3.05, 3.63) is 0 Å². The summed E-state index contributed by atoms with van der Waals surface area (Å²) in [6.45, 7) is 8.51. The quantitative estimate of drug-likeness (QED) is 0.343. The molecule has 4 N–H and O–H groups in total. The number of guanidine groups is 1. The van der Waals surface area contributed by atoms with Crippen LogP contribution in [0, 0.1) is 0 Å². The second-order valence-corrected chi connectivity index (χ2v) is 3.04. The second-order valence-electron chi connectivity index (χ2n) is 3.04. The van der Waals surface area contributed by atoms with Gasteiger partial charge < -0.3 is 16.4 Å². The van der Waals surface area contributed by atoms with Gasteiger partial charge in [0.2, 0.25) is 0 Å². The van der Waals surface area contributed by atoms with E-state index in [0.717, 1.165) is 32.6 Å². The Balaban J connectivity index is 3.29. The number of nitrogens with zero attached hydrogens (tertiary/aromatic N) is 2. The summed E-state index contributed by atoms with van der Waals surface area (Å²) in [4.78, 5) is 6.33. The summed E-state index contributed by atoms with van der Waals surface area (Å²) in [5.41, 5.74) is 10.4. The van der Waals surface area contributed by atoms with Gasteiger partial charge in [0.25, 0.3) is 0 Å². The molecule has 0 aliphatic rings. The topological polar surface area (TPSA) is 67.6 Å². The van der Waals surface area contributed by atoms with Crippen molar-refractivity contribution in [2.75, 3.05) is 26.2 Å². The van der Waals surface area contributed by atoms with Crippen LogP contribution < -0.4 is 11.5 Å². The zero-order valence-corrected chi connectivity index (χ0v) is 8.79. The average molecular weight is 186 g/mol. The molecule has 0 heterocycles. The molecule has 13 heavy (non-hydrogen) atoms. The number of rotatable bonds is 7. The van der Waals surface area contributed by atoms with Crippen LogP contribution in [0.25, 0.3) is 0 Å². The molecule has 0 aliphatic heterocycles. The van der Waals surface area contributed by atoms with Gasteiger partial charge in [-0.2, -0.15) is 0 Å². The Hall–Kier alpha value is -0.770. The predicted molar refractivity (Wildman–Crippen MR) is 57.7 cm³/mol. The van der Waals surface area contributed by atoms with E-state index in [0.29, 0.717) is 0 Å². The molecule has 0 bridgehead atoms. The maximum atomic E-state index is 5.20. The summed E-state index contributed by atoms with van der Waals surface area (Å²) in [5, 5.41) is 0. The number of nitrogens with two attached hydrogens (primary N) is 2. The Morgan fingerprint density at radius 2 is 1.77 bits per heavy atom. The first-order valence-corrected chi connectivity index (χ1v) is 4.98. The van der Waals surface area contributed by atoms with Gasteiger partial charge in [-0.1, -0.05) is 13.8 Å². The molecule has 0 aromatic heterocycles. The lowest BCUT2D eigenvalue weighted by molar-refractivity contribution is 0.298. The van der Waals surface area contributed by atoms with Crippen LogP contribution >= 0.6 is 0 Å². The first-order chi connectivity index (χ1) is 6.20. The highest BCUT2D eigenvalue weighted by molar-refractivity contribution is 5.75. The smallest absolute Gasteiger partial charge is 0.185 e. The van der Waals surface area contributed by atoms with Gasteiger partial charge in [0.1, 0.15) is 0 Å². The van der Waals surface area contributed by atoms with Crippen LogP contribution in [0.5, 0.6) is 0 Å². The fourth-order valence-electron chi connectivity index (χ4n) is 1.20. The molecule has 0 atom stereocenters. The monoisotopic (exact) mass is 186 g/mol. The first-order valence-electron chi connectivity index (χ1n) is 4.98. The SMILES string of the molecule is CCN(CC)CCCCN=C(N)N. The minimum Gasteiger partial charge on any atom is -0.370 e. The molecule has 0 saturated carbocycles. The zero-order valence-electron chi connectivity index (χ0n) is 8.79. The van der Waals surface area contributed by atoms with E-state index in [1.54, 1.807) is 0 Å². The maximum Gasteiger partial charge on any atom is 0.185 e. The molecule has 0 unspecified atom stereocenters. The van der Waals surface area contributed by atoms with Crippen LogP contribution in [0.1, 0.15) is 26.7 Å². The van der Waals surface area contributed by atoms with Crippen molar-refractivity contribution in [1.29, 1.82) is 0 Å². The third-order valence-corrected chi connectivity index (χ3v) is 2.07. The molecule has 0 saturated heterocycles. The predicted octanol–water partition coefficient (Wildman–Crippen LogP) is 0.382. The average Bonchev–Trinajstić information content (AvgIpc) is 2.11. The third kappa shape index (κ3) is 7.59. The highest BCUT2D eigenvalue weighted by Crippen LogP contribution is 1.94. The van der Waals surface area contributed by atoms with Crippen molar-refractivity contribution in [2.45, 2.75) is 26.7 Å². The molecule has 78 valence electrons. The van der Waals surface area contributed by atoms with Crippen LogP contribution in [0.2, 0.25) is 0 Å². The molecule has 0 fully saturated rings. The molecule has 0 amide bonds. The van der Waals surface area contributed by atoms with Gasteiger partial charge >= 0.3 is 0 Å². The van der Waals surface area contributed by atoms with Crippen molar-refractivity contribution in [1.82, 2.24) is 4.90 Å². The minimum atomic E-state index is 0.197. The highest BCUT2D eigenvalue weighted by atomic mass is 15.1. The summed E-state index contributed by atoms with van der Waals surface area (Å²) >= 11 is 0. The molecular weight excluding hydrogens is 164 g/mol. The first kappa shape index (κ1) is 12.2. The summed E-state index contributed by atoms with van der Waals surface area (Å²) in [7, 11) is 0. The molecule has 0 aromatic rings. The standard InChI is InChI=1S/C9H22N4/c1-3-13(4-2)8-6-5-7-12-9(10)11/h3-8H2,1-2H3,(H4,10,11,12). The molecule has 4 heteroatoms. The lowest BCUT2D eigenvalue weighted by atomic mass is 10.3. The van der Waals surface area contributed by atoms with Crippen LogP contribution in [0.15, 0.2) is 4.99 Å². The number of unbranched alkanes of at least 4 members (excludes halogenated alkanes) is 1. The summed E-state index contributed by atoms with van der Waals surface area (Å²) in [5.74, 6) is 0.197. The van der Waals surface area contributed by atoms with Gasteiger partial charge in [-0.3, -0.25) is 4.99 Å². The van der Waals surface area contributed by atoms with Gasteiger partial charge in [-0.15, -0.1) is 0 Å². The molecule has 0 spiro atoms. The zero-order chi connectivity index (χ0) is 10.1. The van der Waals surface area contributed by atoms with E-state index in [4.69, 9.17) is 11.5 Å². The van der Waals surface area contributed by atoms with Crippen molar-refractivity contribution in [2.24, 2.45) is 16.5 Å². The van der Waals surface area contributed by atoms with Crippen LogP contribution in [0.3, 0.4) is 0 Å². The number of aliphatic imine (C=N–C) groups is 1. The number of hydrogen-bond donors (Lipinski definition) is 2. The van der Waals surface area contributed by atoms with Gasteiger partial charge in [-0.25, -0.2) is 0 Å². The van der Waals surface area contributed by atoms with Gasteiger partial charge in [0.15, 0.2) is 5.96 Å². The van der Waals surface area contributed by atoms with Gasteiger partial charge in [0.05, 0.1) is 0 Å². The Morgan fingerprint density at radius 3 is 2.23 bits per heavy atom. The Bertz CT molecular complexity index is 137. The van der Waals surface area contributed by atoms with E-state index >= 15 is 0 Å². The summed E-state index contributed by atoms with van der Waals surface area (Å²) in [6, 6.07) is 0. The van der Waals surface area contributed by atoms with Gasteiger partial charge in [0, 0.05) is 6.54 Å². The van der Waals surface area contributed by atoms with Gasteiger partial charge in [-0.05, 0) is 32.5 Å².